The van der Waals surface area contributed by atoms with E-state index in [9.17, 15) is 0 Å². The third-order valence-corrected chi connectivity index (χ3v) is 2.86. The zero-order valence-corrected chi connectivity index (χ0v) is 11.2. The Morgan fingerprint density at radius 3 is 2.60 bits per heavy atom. The molecule has 104 valence electrons. The zero-order valence-electron chi connectivity index (χ0n) is 11.2. The minimum Gasteiger partial charge on any atom is -0.497 e. The van der Waals surface area contributed by atoms with E-state index in [1.54, 1.807) is 18.1 Å². The van der Waals surface area contributed by atoms with E-state index < -0.39 is 0 Å². The first kappa shape index (κ1) is 13.6. The van der Waals surface area contributed by atoms with Gasteiger partial charge in [0.1, 0.15) is 5.75 Å². The summed E-state index contributed by atoms with van der Waals surface area (Å²) in [6, 6.07) is 9.07. The number of rotatable bonds is 4. The van der Waals surface area contributed by atoms with Crippen molar-refractivity contribution in [1.82, 2.24) is 10.2 Å². The number of ether oxygens (including phenoxy) is 1. The number of nitrogens with zero attached hydrogens (tertiary/aromatic N) is 4. The van der Waals surface area contributed by atoms with Gasteiger partial charge < -0.3 is 20.6 Å². The Labute approximate surface area is 116 Å². The summed E-state index contributed by atoms with van der Waals surface area (Å²) in [5.74, 6) is 1.24. The molecule has 20 heavy (non-hydrogen) atoms. The predicted molar refractivity (Wildman–Crippen MR) is 75.6 cm³/mol. The summed E-state index contributed by atoms with van der Waals surface area (Å²) >= 11 is 0. The summed E-state index contributed by atoms with van der Waals surface area (Å²) in [7, 11) is 3.43. The van der Waals surface area contributed by atoms with Crippen LogP contribution in [0.5, 0.6) is 5.75 Å². The van der Waals surface area contributed by atoms with Gasteiger partial charge in [-0.2, -0.15) is 5.10 Å². The lowest BCUT2D eigenvalue weighted by molar-refractivity contribution is 0.318. The largest absolute Gasteiger partial charge is 0.497 e. The van der Waals surface area contributed by atoms with Crippen molar-refractivity contribution < 1.29 is 9.94 Å². The molecule has 0 spiro atoms. The van der Waals surface area contributed by atoms with E-state index in [1.165, 1.54) is 6.20 Å². The lowest BCUT2D eigenvalue weighted by atomic mass is 10.2. The summed E-state index contributed by atoms with van der Waals surface area (Å²) in [5.41, 5.74) is 7.02. The molecule has 0 bridgehead atoms. The van der Waals surface area contributed by atoms with Crippen molar-refractivity contribution in [1.29, 1.82) is 0 Å². The molecule has 7 nitrogen and oxygen atoms in total. The van der Waals surface area contributed by atoms with E-state index in [0.29, 0.717) is 11.4 Å². The van der Waals surface area contributed by atoms with Crippen LogP contribution in [0.2, 0.25) is 0 Å². The lowest BCUT2D eigenvalue weighted by Crippen LogP contribution is -2.21. The van der Waals surface area contributed by atoms with Crippen LogP contribution in [0.3, 0.4) is 0 Å². The maximum Gasteiger partial charge on any atom is 0.173 e. The van der Waals surface area contributed by atoms with E-state index >= 15 is 0 Å². The highest BCUT2D eigenvalue weighted by Gasteiger charge is 2.14. The summed E-state index contributed by atoms with van der Waals surface area (Å²) in [5, 5.41) is 19.7. The second-order valence-electron chi connectivity index (χ2n) is 4.01. The second kappa shape index (κ2) is 5.87. The molecule has 0 atom stereocenters. The molecule has 0 aliphatic heterocycles. The Balaban J connectivity index is 2.39. The number of oxime groups is 1. The summed E-state index contributed by atoms with van der Waals surface area (Å²) in [6.45, 7) is 0. The fraction of sp³-hybridized carbons (Fsp3) is 0.154. The van der Waals surface area contributed by atoms with Crippen molar-refractivity contribution in [2.45, 2.75) is 0 Å². The molecule has 1 heterocycles. The molecule has 0 aliphatic rings. The molecule has 1 aromatic heterocycles. The topological polar surface area (TPSA) is 96.9 Å². The Hall–Kier alpha value is -2.83. The van der Waals surface area contributed by atoms with E-state index in [0.717, 1.165) is 11.4 Å². The van der Waals surface area contributed by atoms with Crippen LogP contribution in [-0.4, -0.2) is 35.4 Å². The third kappa shape index (κ3) is 2.61. The van der Waals surface area contributed by atoms with Crippen LogP contribution >= 0.6 is 0 Å². The van der Waals surface area contributed by atoms with Gasteiger partial charge >= 0.3 is 0 Å². The van der Waals surface area contributed by atoms with Crippen molar-refractivity contribution in [2.24, 2.45) is 10.9 Å². The average Bonchev–Trinajstić information content (AvgIpc) is 2.53. The number of aromatic nitrogens is 2. The number of hydrogen-bond donors (Lipinski definition) is 2. The number of hydrogen-bond acceptors (Lipinski definition) is 6. The molecule has 0 aliphatic carbocycles. The van der Waals surface area contributed by atoms with Gasteiger partial charge in [-0.15, -0.1) is 5.10 Å². The van der Waals surface area contributed by atoms with Crippen LogP contribution in [0, 0.1) is 0 Å². The lowest BCUT2D eigenvalue weighted by Gasteiger charge is -2.20. The van der Waals surface area contributed by atoms with Crippen LogP contribution in [0.15, 0.2) is 41.7 Å². The van der Waals surface area contributed by atoms with Gasteiger partial charge in [-0.3, -0.25) is 0 Å². The summed E-state index contributed by atoms with van der Waals surface area (Å²) in [4.78, 5) is 1.79. The first-order valence-electron chi connectivity index (χ1n) is 5.84. The van der Waals surface area contributed by atoms with Gasteiger partial charge in [0.2, 0.25) is 0 Å². The van der Waals surface area contributed by atoms with E-state index in [4.69, 9.17) is 15.7 Å². The molecular formula is C13H15N5O2. The molecule has 1 aromatic carbocycles. The number of anilines is 2. The van der Waals surface area contributed by atoms with Crippen molar-refractivity contribution in [3.8, 4) is 5.75 Å². The maximum absolute atomic E-state index is 8.81. The number of nitrogens with two attached hydrogens (primary N) is 1. The number of amidine groups is 1. The Kier molecular flexibility index (Phi) is 3.99. The minimum absolute atomic E-state index is 0.0183. The number of benzene rings is 1. The van der Waals surface area contributed by atoms with Crippen LogP contribution in [-0.2, 0) is 0 Å². The molecule has 2 aromatic rings. The maximum atomic E-state index is 8.81. The smallest absolute Gasteiger partial charge is 0.173 e. The van der Waals surface area contributed by atoms with Crippen LogP contribution in [0.4, 0.5) is 11.5 Å². The van der Waals surface area contributed by atoms with Gasteiger partial charge in [0.25, 0.3) is 0 Å². The average molecular weight is 273 g/mol. The Bertz CT molecular complexity index is 612. The third-order valence-electron chi connectivity index (χ3n) is 2.86. The van der Waals surface area contributed by atoms with Crippen LogP contribution in [0.1, 0.15) is 5.56 Å². The SMILES string of the molecule is COc1ccc(N(C)c2nnccc2/C(N)=N/O)cc1. The highest BCUT2D eigenvalue weighted by Crippen LogP contribution is 2.25. The summed E-state index contributed by atoms with van der Waals surface area (Å²) < 4.78 is 5.12. The van der Waals surface area contributed by atoms with Gasteiger partial charge in [-0.25, -0.2) is 0 Å². The van der Waals surface area contributed by atoms with Crippen LogP contribution < -0.4 is 15.4 Å². The summed E-state index contributed by atoms with van der Waals surface area (Å²) in [6.07, 6.45) is 1.48. The molecule has 2 rings (SSSR count). The fourth-order valence-corrected chi connectivity index (χ4v) is 1.75. The molecule has 0 saturated carbocycles. The van der Waals surface area contributed by atoms with E-state index in [-0.39, 0.29) is 5.84 Å². The normalized spacial score (nSPS) is 11.2. The van der Waals surface area contributed by atoms with Crippen LogP contribution in [0.25, 0.3) is 0 Å². The number of methoxy groups -OCH3 is 1. The van der Waals surface area contributed by atoms with Crippen molar-refractivity contribution in [3.05, 3.63) is 42.1 Å². The van der Waals surface area contributed by atoms with Crippen molar-refractivity contribution >= 4 is 17.3 Å². The van der Waals surface area contributed by atoms with Gasteiger partial charge in [0.05, 0.1) is 18.9 Å². The molecular weight excluding hydrogens is 258 g/mol. The minimum atomic E-state index is -0.0183. The highest BCUT2D eigenvalue weighted by atomic mass is 16.5. The molecule has 3 N–H and O–H groups in total. The van der Waals surface area contributed by atoms with E-state index in [1.807, 2.05) is 31.3 Å². The van der Waals surface area contributed by atoms with Gasteiger partial charge in [0, 0.05) is 12.7 Å². The van der Waals surface area contributed by atoms with Crippen molar-refractivity contribution in [3.63, 3.8) is 0 Å². The molecule has 7 heteroatoms. The quantitative estimate of drug-likeness (QED) is 0.378. The standard InChI is InChI=1S/C13H15N5O2/c1-18(9-3-5-10(20-2)6-4-9)13-11(12(14)17-19)7-8-15-16-13/h3-8,19H,1-2H3,(H2,14,17). The molecule has 0 fully saturated rings. The monoisotopic (exact) mass is 273 g/mol. The first-order valence-corrected chi connectivity index (χ1v) is 5.84. The Morgan fingerprint density at radius 2 is 2.00 bits per heavy atom. The molecule has 0 radical (unpaired) electrons. The van der Waals surface area contributed by atoms with Gasteiger partial charge in [-0.1, -0.05) is 5.16 Å². The fourth-order valence-electron chi connectivity index (χ4n) is 1.75. The van der Waals surface area contributed by atoms with E-state index in [2.05, 4.69) is 15.4 Å². The van der Waals surface area contributed by atoms with Gasteiger partial charge in [-0.05, 0) is 30.3 Å². The highest BCUT2D eigenvalue weighted by molar-refractivity contribution is 6.01. The second-order valence-corrected chi connectivity index (χ2v) is 4.01. The molecule has 0 unspecified atom stereocenters. The first-order chi connectivity index (χ1) is 9.67. The zero-order chi connectivity index (χ0) is 14.5. The van der Waals surface area contributed by atoms with Crippen molar-refractivity contribution in [2.75, 3.05) is 19.1 Å². The predicted octanol–water partition coefficient (Wildman–Crippen LogP) is 1.35. The molecule has 0 amide bonds. The Morgan fingerprint density at radius 1 is 1.30 bits per heavy atom. The van der Waals surface area contributed by atoms with Gasteiger partial charge in [0.15, 0.2) is 11.7 Å². The molecule has 0 saturated heterocycles.